The molecular weight excluding hydrogens is 491 g/mol. The van der Waals surface area contributed by atoms with Gasteiger partial charge in [-0.2, -0.15) is 13.2 Å². The molecule has 1 aromatic carbocycles. The summed E-state index contributed by atoms with van der Waals surface area (Å²) in [6, 6.07) is 6.49. The Kier molecular flexibility index (Phi) is 6.39. The quantitative estimate of drug-likeness (QED) is 0.360. The molecule has 0 aliphatic carbocycles. The molecule has 1 atom stereocenters. The Morgan fingerprint density at radius 2 is 1.92 bits per heavy atom. The van der Waals surface area contributed by atoms with Crippen molar-refractivity contribution < 1.29 is 18.0 Å². The van der Waals surface area contributed by atoms with Crippen LogP contribution in [0.5, 0.6) is 0 Å². The van der Waals surface area contributed by atoms with Crippen LogP contribution < -0.4 is 10.6 Å². The molecule has 0 bridgehead atoms. The molecule has 0 radical (unpaired) electrons. The normalized spacial score (nSPS) is 15.6. The van der Waals surface area contributed by atoms with E-state index < -0.39 is 11.7 Å². The topological polar surface area (TPSA) is 88.0 Å². The first kappa shape index (κ1) is 24.2. The van der Waals surface area contributed by atoms with Gasteiger partial charge in [0.2, 0.25) is 0 Å². The number of nitrogens with one attached hydrogen (secondary N) is 2. The van der Waals surface area contributed by atoms with Gasteiger partial charge in [-0.05, 0) is 43.8 Å². The van der Waals surface area contributed by atoms with Crippen LogP contribution in [0.4, 0.5) is 24.0 Å². The number of fused-ring (bicyclic) bond motifs is 1. The van der Waals surface area contributed by atoms with E-state index in [0.29, 0.717) is 22.6 Å². The molecule has 2 N–H and O–H groups in total. The molecule has 3 aromatic heterocycles. The lowest BCUT2D eigenvalue weighted by Gasteiger charge is -2.39. The Balaban J connectivity index is 1.24. The van der Waals surface area contributed by atoms with Crippen molar-refractivity contribution in [1.29, 1.82) is 0 Å². The molecule has 1 aliphatic heterocycles. The van der Waals surface area contributed by atoms with E-state index in [-0.39, 0.29) is 11.9 Å². The van der Waals surface area contributed by atoms with Gasteiger partial charge < -0.3 is 15.2 Å². The first-order valence-corrected chi connectivity index (χ1v) is 12.3. The van der Waals surface area contributed by atoms with Crippen LogP contribution in [0.25, 0.3) is 11.0 Å². The van der Waals surface area contributed by atoms with Crippen LogP contribution in [0.2, 0.25) is 0 Å². The number of rotatable bonds is 7. The van der Waals surface area contributed by atoms with E-state index >= 15 is 0 Å². The summed E-state index contributed by atoms with van der Waals surface area (Å²) in [6.07, 6.45) is 0.661. The van der Waals surface area contributed by atoms with E-state index in [4.69, 9.17) is 0 Å². The summed E-state index contributed by atoms with van der Waals surface area (Å²) in [5.41, 5.74) is 1.70. The lowest BCUT2D eigenvalue weighted by molar-refractivity contribution is -0.137. The highest BCUT2D eigenvalue weighted by Gasteiger charge is 2.30. The second kappa shape index (κ2) is 9.51. The number of pyridine rings is 1. The highest BCUT2D eigenvalue weighted by Crippen LogP contribution is 2.32. The molecule has 188 valence electrons. The number of likely N-dealkylation sites (tertiary alicyclic amines) is 1. The predicted molar refractivity (Wildman–Crippen MR) is 131 cm³/mol. The zero-order chi connectivity index (χ0) is 25.4. The summed E-state index contributed by atoms with van der Waals surface area (Å²) in [5, 5.41) is 6.45. The van der Waals surface area contributed by atoms with E-state index in [1.807, 2.05) is 6.92 Å². The summed E-state index contributed by atoms with van der Waals surface area (Å²) in [4.78, 5) is 29.0. The monoisotopic (exact) mass is 515 g/mol. The van der Waals surface area contributed by atoms with Crippen LogP contribution in [0, 0.1) is 0 Å². The number of benzene rings is 1. The number of carbonyl (C=O) groups is 1. The van der Waals surface area contributed by atoms with Crippen LogP contribution in [-0.2, 0) is 6.18 Å². The molecule has 8 nitrogen and oxygen atoms in total. The van der Waals surface area contributed by atoms with Crippen molar-refractivity contribution in [3.8, 4) is 0 Å². The standard InChI is InChI=1S/C24H24F3N7OS/c1-3-33-11-17(12-33)34-13-30-19-9-28-18(8-20(19)34)22(35)31-14(2)21-10-29-23(36-21)32-16-6-4-15(5-7-16)24(25,26)27/h4-10,13-14,17H,3,11-12H2,1-2H3,(H,29,32)(H,31,35)/t14-/m1/s1. The van der Waals surface area contributed by atoms with Gasteiger partial charge in [-0.25, -0.2) is 15.0 Å². The fraction of sp³-hybridized carbons (Fsp3) is 0.333. The molecule has 1 fully saturated rings. The van der Waals surface area contributed by atoms with Crippen LogP contribution >= 0.6 is 11.3 Å². The predicted octanol–water partition coefficient (Wildman–Crippen LogP) is 5.02. The average Bonchev–Trinajstić information content (AvgIpc) is 3.45. The number of carbonyl (C=O) groups excluding carboxylic acids is 1. The third-order valence-electron chi connectivity index (χ3n) is 6.23. The van der Waals surface area contributed by atoms with Crippen molar-refractivity contribution >= 4 is 39.1 Å². The summed E-state index contributed by atoms with van der Waals surface area (Å²) in [5.74, 6) is -0.313. The number of nitrogens with zero attached hydrogens (tertiary/aromatic N) is 5. The maximum atomic E-state index is 12.9. The zero-order valence-electron chi connectivity index (χ0n) is 19.6. The fourth-order valence-electron chi connectivity index (χ4n) is 4.07. The van der Waals surface area contributed by atoms with E-state index in [2.05, 4.69) is 42.0 Å². The number of alkyl halides is 3. The second-order valence-electron chi connectivity index (χ2n) is 8.68. The van der Waals surface area contributed by atoms with Crippen LogP contribution in [0.1, 0.15) is 46.9 Å². The number of hydrogen-bond acceptors (Lipinski definition) is 7. The molecule has 0 spiro atoms. The summed E-state index contributed by atoms with van der Waals surface area (Å²) < 4.78 is 40.4. The van der Waals surface area contributed by atoms with E-state index in [9.17, 15) is 18.0 Å². The molecule has 0 unspecified atom stereocenters. The zero-order valence-corrected chi connectivity index (χ0v) is 20.4. The highest BCUT2D eigenvalue weighted by molar-refractivity contribution is 7.15. The number of amides is 1. The minimum Gasteiger partial charge on any atom is -0.343 e. The van der Waals surface area contributed by atoms with Gasteiger partial charge in [0.15, 0.2) is 5.13 Å². The Labute approximate surface area is 209 Å². The molecule has 1 amide bonds. The Morgan fingerprint density at radius 1 is 1.17 bits per heavy atom. The van der Waals surface area contributed by atoms with E-state index in [1.54, 1.807) is 24.8 Å². The van der Waals surface area contributed by atoms with Crippen molar-refractivity contribution in [3.05, 3.63) is 65.2 Å². The van der Waals surface area contributed by atoms with Crippen LogP contribution in [0.15, 0.2) is 49.1 Å². The second-order valence-corrected chi connectivity index (χ2v) is 9.74. The van der Waals surface area contributed by atoms with Gasteiger partial charge in [-0.15, -0.1) is 0 Å². The Hall–Kier alpha value is -3.51. The summed E-state index contributed by atoms with van der Waals surface area (Å²) in [6.45, 7) is 6.89. The summed E-state index contributed by atoms with van der Waals surface area (Å²) >= 11 is 1.31. The number of halogens is 3. The van der Waals surface area contributed by atoms with Crippen molar-refractivity contribution in [2.75, 3.05) is 25.0 Å². The molecular formula is C24H24F3N7OS. The van der Waals surface area contributed by atoms with Gasteiger partial charge in [-0.1, -0.05) is 18.3 Å². The van der Waals surface area contributed by atoms with E-state index in [0.717, 1.165) is 47.7 Å². The first-order valence-electron chi connectivity index (χ1n) is 11.5. The maximum Gasteiger partial charge on any atom is 0.416 e. The number of hydrogen-bond donors (Lipinski definition) is 2. The SMILES string of the molecule is CCN1CC(n2cnc3cnc(C(=O)N[C@H](C)c4cnc(Nc5ccc(C(F)(F)F)cc5)s4)cc32)C1. The largest absolute Gasteiger partial charge is 0.416 e. The van der Waals surface area contributed by atoms with Crippen LogP contribution in [0.3, 0.4) is 0 Å². The van der Waals surface area contributed by atoms with Gasteiger partial charge in [0.1, 0.15) is 11.2 Å². The van der Waals surface area contributed by atoms with E-state index in [1.165, 1.54) is 23.5 Å². The molecule has 1 aliphatic rings. The minimum absolute atomic E-state index is 0.301. The number of thiazole rings is 1. The van der Waals surface area contributed by atoms with Crippen molar-refractivity contribution in [2.45, 2.75) is 32.1 Å². The fourth-order valence-corrected chi connectivity index (χ4v) is 4.91. The van der Waals surface area contributed by atoms with Crippen molar-refractivity contribution in [2.24, 2.45) is 0 Å². The lowest BCUT2D eigenvalue weighted by atomic mass is 10.1. The third kappa shape index (κ3) is 4.91. The highest BCUT2D eigenvalue weighted by atomic mass is 32.1. The van der Waals surface area contributed by atoms with Crippen molar-refractivity contribution in [1.82, 2.24) is 29.7 Å². The minimum atomic E-state index is -4.38. The lowest BCUT2D eigenvalue weighted by Crippen LogP contribution is -2.47. The number of imidazole rings is 1. The smallest absolute Gasteiger partial charge is 0.343 e. The summed E-state index contributed by atoms with van der Waals surface area (Å²) in [7, 11) is 0. The van der Waals surface area contributed by atoms with Gasteiger partial charge in [0.25, 0.3) is 5.91 Å². The number of likely N-dealkylation sites (N-methyl/N-ethyl adjacent to an activating group) is 1. The molecule has 4 heterocycles. The maximum absolute atomic E-state index is 12.9. The molecule has 4 aromatic rings. The Morgan fingerprint density at radius 3 is 2.61 bits per heavy atom. The Bertz CT molecular complexity index is 1380. The first-order chi connectivity index (χ1) is 17.2. The average molecular weight is 516 g/mol. The molecule has 1 saturated heterocycles. The van der Waals surface area contributed by atoms with Crippen LogP contribution in [-0.4, -0.2) is 50.0 Å². The van der Waals surface area contributed by atoms with Crippen molar-refractivity contribution in [3.63, 3.8) is 0 Å². The van der Waals surface area contributed by atoms with Gasteiger partial charge in [0, 0.05) is 29.9 Å². The van der Waals surface area contributed by atoms with Gasteiger partial charge in [-0.3, -0.25) is 9.69 Å². The van der Waals surface area contributed by atoms with Gasteiger partial charge >= 0.3 is 6.18 Å². The molecule has 12 heteroatoms. The molecule has 36 heavy (non-hydrogen) atoms. The van der Waals surface area contributed by atoms with Gasteiger partial charge in [0.05, 0.1) is 35.7 Å². The number of aromatic nitrogens is 4. The molecule has 0 saturated carbocycles. The molecule has 5 rings (SSSR count). The third-order valence-corrected chi connectivity index (χ3v) is 7.33. The number of anilines is 2.